The molecule has 0 bridgehead atoms. The predicted octanol–water partition coefficient (Wildman–Crippen LogP) is 3.47. The Morgan fingerprint density at radius 1 is 1.00 bits per heavy atom. The second-order valence-electron chi connectivity index (χ2n) is 5.70. The highest BCUT2D eigenvalue weighted by atomic mass is 79.9. The number of rotatable bonds is 4. The van der Waals surface area contributed by atoms with E-state index in [0.717, 1.165) is 37.1 Å². The Bertz CT molecular complexity index is 553. The summed E-state index contributed by atoms with van der Waals surface area (Å²) in [5.74, 6) is 0. The van der Waals surface area contributed by atoms with Crippen molar-refractivity contribution in [2.45, 2.75) is 19.0 Å². The summed E-state index contributed by atoms with van der Waals surface area (Å²) in [5.41, 5.74) is 2.80. The molecule has 0 aromatic heterocycles. The molecule has 0 aliphatic carbocycles. The lowest BCUT2D eigenvalue weighted by molar-refractivity contribution is 0.192. The number of hydrogen-bond acceptors (Lipinski definition) is 2. The Kier molecular flexibility index (Phi) is 5.07. The Morgan fingerprint density at radius 2 is 1.76 bits per heavy atom. The van der Waals surface area contributed by atoms with Gasteiger partial charge in [0.25, 0.3) is 0 Å². The molecule has 1 aliphatic rings. The number of hydrogen-bond donors (Lipinski definition) is 1. The van der Waals surface area contributed by atoms with Crippen molar-refractivity contribution in [3.63, 3.8) is 0 Å². The summed E-state index contributed by atoms with van der Waals surface area (Å²) in [5, 5.41) is 3.64. The Hall–Kier alpha value is -1.16. The van der Waals surface area contributed by atoms with Gasteiger partial charge in [-0.05, 0) is 29.7 Å². The van der Waals surface area contributed by atoms with Gasteiger partial charge < -0.3 is 5.32 Å². The molecule has 0 spiro atoms. The van der Waals surface area contributed by atoms with Gasteiger partial charge in [-0.3, -0.25) is 4.90 Å². The molecule has 1 atom stereocenters. The first-order chi connectivity index (χ1) is 10.3. The highest BCUT2D eigenvalue weighted by Crippen LogP contribution is 2.14. The molecular formula is C18H21BrN2. The number of nitrogens with one attached hydrogen (secondary N) is 1. The van der Waals surface area contributed by atoms with Gasteiger partial charge in [0.2, 0.25) is 0 Å². The Morgan fingerprint density at radius 3 is 2.52 bits per heavy atom. The van der Waals surface area contributed by atoms with Crippen LogP contribution in [0, 0.1) is 0 Å². The molecular weight excluding hydrogens is 324 g/mol. The van der Waals surface area contributed by atoms with Gasteiger partial charge in [-0.1, -0.05) is 58.4 Å². The van der Waals surface area contributed by atoms with Crippen molar-refractivity contribution < 1.29 is 0 Å². The van der Waals surface area contributed by atoms with Crippen molar-refractivity contribution in [3.05, 3.63) is 70.2 Å². The number of nitrogens with zero attached hydrogens (tertiary/aromatic N) is 1. The predicted molar refractivity (Wildman–Crippen MR) is 91.4 cm³/mol. The van der Waals surface area contributed by atoms with E-state index in [1.165, 1.54) is 11.1 Å². The maximum atomic E-state index is 3.64. The van der Waals surface area contributed by atoms with Crippen LogP contribution in [0.4, 0.5) is 0 Å². The van der Waals surface area contributed by atoms with E-state index in [4.69, 9.17) is 0 Å². The van der Waals surface area contributed by atoms with Crippen LogP contribution in [0.25, 0.3) is 0 Å². The van der Waals surface area contributed by atoms with Crippen molar-refractivity contribution in [1.82, 2.24) is 10.2 Å². The van der Waals surface area contributed by atoms with Gasteiger partial charge in [0.15, 0.2) is 0 Å². The molecule has 110 valence electrons. The SMILES string of the molecule is Brc1ccc(CC2CN(Cc3ccccc3)CCN2)cc1. The summed E-state index contributed by atoms with van der Waals surface area (Å²) in [6.45, 7) is 4.38. The molecule has 3 heteroatoms. The second kappa shape index (κ2) is 7.21. The Labute approximate surface area is 135 Å². The highest BCUT2D eigenvalue weighted by Gasteiger charge is 2.19. The van der Waals surface area contributed by atoms with Crippen LogP contribution < -0.4 is 5.32 Å². The summed E-state index contributed by atoms with van der Waals surface area (Å²) >= 11 is 3.49. The minimum absolute atomic E-state index is 0.545. The lowest BCUT2D eigenvalue weighted by atomic mass is 10.0. The summed E-state index contributed by atoms with van der Waals surface area (Å²) in [6, 6.07) is 20.0. The maximum Gasteiger partial charge on any atom is 0.0236 e. The van der Waals surface area contributed by atoms with Crippen molar-refractivity contribution in [1.29, 1.82) is 0 Å². The largest absolute Gasteiger partial charge is 0.311 e. The van der Waals surface area contributed by atoms with E-state index in [0.29, 0.717) is 6.04 Å². The van der Waals surface area contributed by atoms with Gasteiger partial charge >= 0.3 is 0 Å². The standard InChI is InChI=1S/C18H21BrN2/c19-17-8-6-15(7-9-17)12-18-14-21(11-10-20-18)13-16-4-2-1-3-5-16/h1-9,18,20H,10-14H2. The topological polar surface area (TPSA) is 15.3 Å². The summed E-state index contributed by atoms with van der Waals surface area (Å²) < 4.78 is 1.15. The highest BCUT2D eigenvalue weighted by molar-refractivity contribution is 9.10. The van der Waals surface area contributed by atoms with E-state index in [1.807, 2.05) is 0 Å². The van der Waals surface area contributed by atoms with Gasteiger partial charge in [-0.25, -0.2) is 0 Å². The lowest BCUT2D eigenvalue weighted by Gasteiger charge is -2.34. The zero-order chi connectivity index (χ0) is 14.5. The number of halogens is 1. The van der Waals surface area contributed by atoms with Gasteiger partial charge in [0.05, 0.1) is 0 Å². The Balaban J connectivity index is 1.57. The molecule has 2 nitrogen and oxygen atoms in total. The van der Waals surface area contributed by atoms with E-state index >= 15 is 0 Å². The monoisotopic (exact) mass is 344 g/mol. The summed E-state index contributed by atoms with van der Waals surface area (Å²) in [7, 11) is 0. The van der Waals surface area contributed by atoms with Gasteiger partial charge in [0, 0.05) is 36.7 Å². The number of piperazine rings is 1. The molecule has 1 unspecified atom stereocenters. The van der Waals surface area contributed by atoms with Crippen molar-refractivity contribution in [2.75, 3.05) is 19.6 Å². The first kappa shape index (κ1) is 14.8. The third-order valence-corrected chi connectivity index (χ3v) is 4.51. The molecule has 2 aromatic carbocycles. The van der Waals surface area contributed by atoms with E-state index in [2.05, 4.69) is 80.7 Å². The van der Waals surface area contributed by atoms with E-state index in [9.17, 15) is 0 Å². The van der Waals surface area contributed by atoms with Crippen LogP contribution in [0.3, 0.4) is 0 Å². The smallest absolute Gasteiger partial charge is 0.0236 e. The lowest BCUT2D eigenvalue weighted by Crippen LogP contribution is -2.51. The molecule has 1 N–H and O–H groups in total. The molecule has 0 amide bonds. The van der Waals surface area contributed by atoms with Crippen molar-refractivity contribution in [2.24, 2.45) is 0 Å². The molecule has 21 heavy (non-hydrogen) atoms. The number of benzene rings is 2. The molecule has 0 radical (unpaired) electrons. The fourth-order valence-corrected chi connectivity index (χ4v) is 3.19. The molecule has 2 aromatic rings. The summed E-state index contributed by atoms with van der Waals surface area (Å²) in [6.07, 6.45) is 1.10. The normalized spacial score (nSPS) is 19.6. The van der Waals surface area contributed by atoms with Crippen LogP contribution in [0.1, 0.15) is 11.1 Å². The van der Waals surface area contributed by atoms with E-state index < -0.39 is 0 Å². The van der Waals surface area contributed by atoms with Crippen LogP contribution in [0.5, 0.6) is 0 Å². The average Bonchev–Trinajstić information content (AvgIpc) is 2.51. The third-order valence-electron chi connectivity index (χ3n) is 3.98. The zero-order valence-electron chi connectivity index (χ0n) is 12.1. The first-order valence-corrected chi connectivity index (χ1v) is 8.33. The minimum Gasteiger partial charge on any atom is -0.311 e. The quantitative estimate of drug-likeness (QED) is 0.913. The average molecular weight is 345 g/mol. The zero-order valence-corrected chi connectivity index (χ0v) is 13.7. The van der Waals surface area contributed by atoms with Gasteiger partial charge in [0.1, 0.15) is 0 Å². The molecule has 1 heterocycles. The molecule has 1 saturated heterocycles. The fourth-order valence-electron chi connectivity index (χ4n) is 2.92. The van der Waals surface area contributed by atoms with E-state index in [-0.39, 0.29) is 0 Å². The third kappa shape index (κ3) is 4.40. The molecule has 3 rings (SSSR count). The van der Waals surface area contributed by atoms with Crippen molar-refractivity contribution >= 4 is 15.9 Å². The van der Waals surface area contributed by atoms with Crippen LogP contribution in [-0.4, -0.2) is 30.6 Å². The van der Waals surface area contributed by atoms with Crippen LogP contribution >= 0.6 is 15.9 Å². The van der Waals surface area contributed by atoms with Crippen LogP contribution in [0.2, 0.25) is 0 Å². The fraction of sp³-hybridized carbons (Fsp3) is 0.333. The van der Waals surface area contributed by atoms with Crippen molar-refractivity contribution in [3.8, 4) is 0 Å². The summed E-state index contributed by atoms with van der Waals surface area (Å²) in [4.78, 5) is 2.55. The van der Waals surface area contributed by atoms with Gasteiger partial charge in [-0.15, -0.1) is 0 Å². The van der Waals surface area contributed by atoms with Crippen LogP contribution in [0.15, 0.2) is 59.1 Å². The molecule has 1 fully saturated rings. The van der Waals surface area contributed by atoms with Gasteiger partial charge in [-0.2, -0.15) is 0 Å². The van der Waals surface area contributed by atoms with Crippen LogP contribution in [-0.2, 0) is 13.0 Å². The minimum atomic E-state index is 0.545. The maximum absolute atomic E-state index is 3.64. The first-order valence-electron chi connectivity index (χ1n) is 7.54. The molecule has 1 aliphatic heterocycles. The molecule has 0 saturated carbocycles. The second-order valence-corrected chi connectivity index (χ2v) is 6.62. The van der Waals surface area contributed by atoms with E-state index in [1.54, 1.807) is 0 Å².